The molecule has 2 amide bonds. The van der Waals surface area contributed by atoms with E-state index in [1.54, 1.807) is 6.92 Å². The fourth-order valence-electron chi connectivity index (χ4n) is 1.03. The fraction of sp³-hybridized carbons (Fsp3) is 0.778. The molecule has 94 valence electrons. The third-order valence-electron chi connectivity index (χ3n) is 2.01. The number of carbonyl (C=O) groups is 2. The van der Waals surface area contributed by atoms with Crippen LogP contribution in [0, 0.1) is 0 Å². The number of rotatable bonds is 7. The number of nitrogens with zero attached hydrogens (tertiary/aromatic N) is 1. The van der Waals surface area contributed by atoms with Gasteiger partial charge < -0.3 is 25.2 Å². The molecule has 0 aliphatic rings. The van der Waals surface area contributed by atoms with Crippen LogP contribution in [0.25, 0.3) is 0 Å². The number of hydrogen-bond donors (Lipinski definition) is 3. The third kappa shape index (κ3) is 4.94. The van der Waals surface area contributed by atoms with Crippen molar-refractivity contribution in [3.05, 3.63) is 0 Å². The summed E-state index contributed by atoms with van der Waals surface area (Å²) in [4.78, 5) is 23.5. The maximum absolute atomic E-state index is 11.5. The van der Waals surface area contributed by atoms with E-state index >= 15 is 0 Å². The molecule has 3 N–H and O–H groups in total. The summed E-state index contributed by atoms with van der Waals surface area (Å²) in [6, 6.07) is -1.80. The summed E-state index contributed by atoms with van der Waals surface area (Å²) in [5.41, 5.74) is 0. The zero-order valence-corrected chi connectivity index (χ0v) is 9.47. The average molecular weight is 234 g/mol. The molecular formula is C9H18N2O5. The van der Waals surface area contributed by atoms with Gasteiger partial charge in [0, 0.05) is 20.2 Å². The fourth-order valence-corrected chi connectivity index (χ4v) is 1.03. The van der Waals surface area contributed by atoms with Crippen LogP contribution in [0.15, 0.2) is 0 Å². The Labute approximate surface area is 94.0 Å². The molecule has 16 heavy (non-hydrogen) atoms. The Balaban J connectivity index is 4.23. The van der Waals surface area contributed by atoms with Gasteiger partial charge in [-0.25, -0.2) is 9.59 Å². The highest BCUT2D eigenvalue weighted by atomic mass is 16.5. The van der Waals surface area contributed by atoms with E-state index in [0.29, 0.717) is 19.7 Å². The molecule has 0 aliphatic heterocycles. The lowest BCUT2D eigenvalue weighted by Gasteiger charge is -2.22. The van der Waals surface area contributed by atoms with E-state index in [4.69, 9.17) is 14.9 Å². The number of carbonyl (C=O) groups excluding carboxylic acids is 1. The number of aliphatic hydroxyl groups is 1. The van der Waals surface area contributed by atoms with Crippen molar-refractivity contribution in [3.8, 4) is 0 Å². The van der Waals surface area contributed by atoms with E-state index in [2.05, 4.69) is 5.32 Å². The first kappa shape index (κ1) is 14.7. The van der Waals surface area contributed by atoms with Gasteiger partial charge in [0.25, 0.3) is 0 Å². The number of methoxy groups -OCH3 is 1. The number of likely N-dealkylation sites (N-methyl/N-ethyl adjacent to an activating group) is 1. The van der Waals surface area contributed by atoms with Crippen molar-refractivity contribution < 1.29 is 24.5 Å². The number of urea groups is 1. The molecule has 0 rings (SSSR count). The van der Waals surface area contributed by atoms with Gasteiger partial charge in [0.2, 0.25) is 0 Å². The van der Waals surface area contributed by atoms with Gasteiger partial charge in [-0.3, -0.25) is 0 Å². The van der Waals surface area contributed by atoms with E-state index < -0.39 is 24.6 Å². The number of nitrogens with one attached hydrogen (secondary N) is 1. The van der Waals surface area contributed by atoms with E-state index in [9.17, 15) is 9.59 Å². The molecule has 0 aromatic rings. The highest BCUT2D eigenvalue weighted by molar-refractivity contribution is 5.82. The van der Waals surface area contributed by atoms with E-state index in [1.165, 1.54) is 12.0 Å². The minimum Gasteiger partial charge on any atom is -0.480 e. The van der Waals surface area contributed by atoms with E-state index in [1.807, 2.05) is 0 Å². The molecule has 0 aromatic carbocycles. The third-order valence-corrected chi connectivity index (χ3v) is 2.01. The van der Waals surface area contributed by atoms with Gasteiger partial charge in [0.1, 0.15) is 0 Å². The van der Waals surface area contributed by atoms with Crippen molar-refractivity contribution in [2.24, 2.45) is 0 Å². The predicted molar refractivity (Wildman–Crippen MR) is 56.2 cm³/mol. The summed E-state index contributed by atoms with van der Waals surface area (Å²) in [5, 5.41) is 19.6. The molecule has 1 unspecified atom stereocenters. The Bertz CT molecular complexity index is 234. The number of aliphatic hydroxyl groups excluding tert-OH is 1. The molecule has 7 nitrogen and oxygen atoms in total. The summed E-state index contributed by atoms with van der Waals surface area (Å²) in [5.74, 6) is -1.27. The van der Waals surface area contributed by atoms with Crippen LogP contribution in [0.5, 0.6) is 0 Å². The van der Waals surface area contributed by atoms with Crippen molar-refractivity contribution in [1.29, 1.82) is 0 Å². The predicted octanol–water partition coefficient (Wildman–Crippen LogP) is -0.890. The quantitative estimate of drug-likeness (QED) is 0.530. The topological polar surface area (TPSA) is 99.1 Å². The summed E-state index contributed by atoms with van der Waals surface area (Å²) in [6.07, 6.45) is 0. The second-order valence-electron chi connectivity index (χ2n) is 3.10. The lowest BCUT2D eigenvalue weighted by atomic mass is 10.3. The Morgan fingerprint density at radius 2 is 2.12 bits per heavy atom. The minimum absolute atomic E-state index is 0.372. The van der Waals surface area contributed by atoms with Crippen LogP contribution < -0.4 is 5.32 Å². The van der Waals surface area contributed by atoms with Crippen LogP contribution >= 0.6 is 0 Å². The number of aliphatic carboxylic acids is 1. The van der Waals surface area contributed by atoms with Crippen LogP contribution in [-0.2, 0) is 9.53 Å². The molecule has 0 spiro atoms. The highest BCUT2D eigenvalue weighted by Crippen LogP contribution is 1.92. The lowest BCUT2D eigenvalue weighted by Crippen LogP contribution is -2.50. The zero-order chi connectivity index (χ0) is 12.6. The lowest BCUT2D eigenvalue weighted by molar-refractivity contribution is -0.140. The Hall–Kier alpha value is -1.34. The van der Waals surface area contributed by atoms with Crippen molar-refractivity contribution in [2.45, 2.75) is 13.0 Å². The molecule has 7 heteroatoms. The van der Waals surface area contributed by atoms with Crippen LogP contribution in [0.4, 0.5) is 4.79 Å². The first-order valence-electron chi connectivity index (χ1n) is 4.94. The summed E-state index contributed by atoms with van der Waals surface area (Å²) in [6.45, 7) is 2.31. The van der Waals surface area contributed by atoms with Gasteiger partial charge in [0.15, 0.2) is 6.04 Å². The van der Waals surface area contributed by atoms with Crippen molar-refractivity contribution in [3.63, 3.8) is 0 Å². The van der Waals surface area contributed by atoms with Gasteiger partial charge in [-0.15, -0.1) is 0 Å². The number of carboxylic acid groups (broad SMARTS) is 1. The summed E-state index contributed by atoms with van der Waals surface area (Å²) < 4.78 is 4.82. The molecule has 0 aliphatic carbocycles. The Morgan fingerprint density at radius 3 is 2.50 bits per heavy atom. The molecule has 0 fully saturated rings. The Morgan fingerprint density at radius 1 is 1.50 bits per heavy atom. The average Bonchev–Trinajstić information content (AvgIpc) is 2.26. The zero-order valence-electron chi connectivity index (χ0n) is 9.47. The molecule has 0 radical (unpaired) electrons. The monoisotopic (exact) mass is 234 g/mol. The van der Waals surface area contributed by atoms with E-state index in [0.717, 1.165) is 0 Å². The molecule has 0 heterocycles. The molecule has 0 bridgehead atoms. The first-order valence-corrected chi connectivity index (χ1v) is 4.94. The van der Waals surface area contributed by atoms with Gasteiger partial charge in [0.05, 0.1) is 13.2 Å². The number of ether oxygens (including phenoxy) is 1. The number of hydrogen-bond acceptors (Lipinski definition) is 4. The largest absolute Gasteiger partial charge is 0.480 e. The molecule has 0 saturated heterocycles. The second-order valence-corrected chi connectivity index (χ2v) is 3.10. The molecule has 0 aromatic heterocycles. The highest BCUT2D eigenvalue weighted by Gasteiger charge is 2.21. The first-order chi connectivity index (χ1) is 7.56. The van der Waals surface area contributed by atoms with Gasteiger partial charge in [-0.2, -0.15) is 0 Å². The van der Waals surface area contributed by atoms with Gasteiger partial charge in [-0.05, 0) is 6.92 Å². The second kappa shape index (κ2) is 7.89. The van der Waals surface area contributed by atoms with E-state index in [-0.39, 0.29) is 0 Å². The maximum Gasteiger partial charge on any atom is 0.328 e. The summed E-state index contributed by atoms with van der Waals surface area (Å²) in [7, 11) is 1.51. The number of amides is 2. The van der Waals surface area contributed by atoms with Crippen LogP contribution in [0.2, 0.25) is 0 Å². The molecular weight excluding hydrogens is 216 g/mol. The normalized spacial score (nSPS) is 11.9. The summed E-state index contributed by atoms with van der Waals surface area (Å²) >= 11 is 0. The van der Waals surface area contributed by atoms with Crippen molar-refractivity contribution in [1.82, 2.24) is 10.2 Å². The Kier molecular flexibility index (Phi) is 7.23. The van der Waals surface area contributed by atoms with Gasteiger partial charge in [-0.1, -0.05) is 0 Å². The minimum atomic E-state index is -1.27. The van der Waals surface area contributed by atoms with Crippen LogP contribution in [0.1, 0.15) is 6.92 Å². The van der Waals surface area contributed by atoms with Gasteiger partial charge >= 0.3 is 12.0 Å². The maximum atomic E-state index is 11.5. The number of carboxylic acids is 1. The molecule has 1 atom stereocenters. The van der Waals surface area contributed by atoms with Crippen LogP contribution in [0.3, 0.4) is 0 Å². The standard InChI is InChI=1S/C9H18N2O5/c1-3-11(4-5-16-2)9(15)10-7(6-12)8(13)14/h7,12H,3-6H2,1-2H3,(H,10,15)(H,13,14). The molecule has 0 saturated carbocycles. The smallest absolute Gasteiger partial charge is 0.328 e. The van der Waals surface area contributed by atoms with Crippen molar-refractivity contribution >= 4 is 12.0 Å². The van der Waals surface area contributed by atoms with Crippen molar-refractivity contribution in [2.75, 3.05) is 33.4 Å². The van der Waals surface area contributed by atoms with Crippen LogP contribution in [-0.4, -0.2) is 66.6 Å². The SMILES string of the molecule is CCN(CCOC)C(=O)NC(CO)C(=O)O.